The molecule has 2 heterocycles. The third kappa shape index (κ3) is 2.91. The quantitative estimate of drug-likeness (QED) is 0.797. The first-order valence-corrected chi connectivity index (χ1v) is 5.69. The van der Waals surface area contributed by atoms with Crippen molar-refractivity contribution in [2.45, 2.75) is 16.4 Å². The number of hydrogen-bond acceptors (Lipinski definition) is 5. The van der Waals surface area contributed by atoms with Gasteiger partial charge in [0.25, 0.3) is 0 Å². The third-order valence-electron chi connectivity index (χ3n) is 1.79. The van der Waals surface area contributed by atoms with Crippen LogP contribution in [0, 0.1) is 0 Å². The van der Waals surface area contributed by atoms with E-state index in [9.17, 15) is 13.2 Å². The molecule has 10 heteroatoms. The molecule has 18 heavy (non-hydrogen) atoms. The Morgan fingerprint density at radius 3 is 2.61 bits per heavy atom. The molecule has 0 atom stereocenters. The van der Waals surface area contributed by atoms with Crippen molar-refractivity contribution in [1.82, 2.24) is 24.7 Å². The van der Waals surface area contributed by atoms with Crippen LogP contribution in [0.2, 0.25) is 5.15 Å². The number of rotatable bonds is 2. The Morgan fingerprint density at radius 2 is 2.06 bits per heavy atom. The summed E-state index contributed by atoms with van der Waals surface area (Å²) in [5.41, 5.74) is 0. The van der Waals surface area contributed by atoms with Crippen LogP contribution in [0.1, 0.15) is 5.82 Å². The van der Waals surface area contributed by atoms with E-state index in [0.29, 0.717) is 5.16 Å². The fraction of sp³-hybridized carbons (Fsp3) is 0.250. The van der Waals surface area contributed by atoms with Crippen molar-refractivity contribution in [2.24, 2.45) is 7.05 Å². The van der Waals surface area contributed by atoms with Crippen LogP contribution < -0.4 is 0 Å². The maximum atomic E-state index is 12.5. The monoisotopic (exact) mass is 295 g/mol. The summed E-state index contributed by atoms with van der Waals surface area (Å²) < 4.78 is 38.9. The average Bonchev–Trinajstić information content (AvgIpc) is 2.62. The molecule has 0 N–H and O–H groups in total. The van der Waals surface area contributed by atoms with Crippen LogP contribution in [0.3, 0.4) is 0 Å². The minimum Gasteiger partial charge on any atom is -0.244 e. The summed E-state index contributed by atoms with van der Waals surface area (Å²) in [7, 11) is 1.61. The Hall–Kier alpha value is -1.35. The SMILES string of the molecule is Cn1ncnc1Sc1cc(Cl)nc(C(F)(F)F)n1. The summed E-state index contributed by atoms with van der Waals surface area (Å²) in [5.74, 6) is -1.28. The summed E-state index contributed by atoms with van der Waals surface area (Å²) in [4.78, 5) is 10.4. The molecule has 0 unspecified atom stereocenters. The van der Waals surface area contributed by atoms with E-state index in [1.54, 1.807) is 7.05 Å². The molecule has 96 valence electrons. The highest BCUT2D eigenvalue weighted by Crippen LogP contribution is 2.31. The lowest BCUT2D eigenvalue weighted by Crippen LogP contribution is -2.11. The third-order valence-corrected chi connectivity index (χ3v) is 2.95. The molecule has 0 radical (unpaired) electrons. The van der Waals surface area contributed by atoms with Gasteiger partial charge >= 0.3 is 6.18 Å². The van der Waals surface area contributed by atoms with Gasteiger partial charge in [0.15, 0.2) is 5.16 Å². The number of hydrogen-bond donors (Lipinski definition) is 0. The topological polar surface area (TPSA) is 56.5 Å². The first-order valence-electron chi connectivity index (χ1n) is 4.50. The van der Waals surface area contributed by atoms with Gasteiger partial charge in [0.2, 0.25) is 5.82 Å². The van der Waals surface area contributed by atoms with Crippen LogP contribution in [0.25, 0.3) is 0 Å². The number of aromatic nitrogens is 5. The summed E-state index contributed by atoms with van der Waals surface area (Å²) in [6, 6.07) is 1.23. The molecule has 5 nitrogen and oxygen atoms in total. The second-order valence-electron chi connectivity index (χ2n) is 3.12. The zero-order valence-electron chi connectivity index (χ0n) is 8.81. The highest BCUT2D eigenvalue weighted by Gasteiger charge is 2.35. The van der Waals surface area contributed by atoms with Gasteiger partial charge in [-0.05, 0) is 11.8 Å². The van der Waals surface area contributed by atoms with E-state index in [2.05, 4.69) is 20.1 Å². The molecule has 0 aliphatic heterocycles. The lowest BCUT2D eigenvalue weighted by Gasteiger charge is -2.06. The van der Waals surface area contributed by atoms with E-state index in [-0.39, 0.29) is 10.2 Å². The lowest BCUT2D eigenvalue weighted by molar-refractivity contribution is -0.145. The Morgan fingerprint density at radius 1 is 1.33 bits per heavy atom. The average molecular weight is 296 g/mol. The Labute approximate surface area is 108 Å². The Kier molecular flexibility index (Phi) is 3.44. The number of halogens is 4. The number of aryl methyl sites for hydroxylation is 1. The van der Waals surface area contributed by atoms with E-state index < -0.39 is 12.0 Å². The van der Waals surface area contributed by atoms with Crippen LogP contribution in [-0.2, 0) is 13.2 Å². The van der Waals surface area contributed by atoms with Gasteiger partial charge in [0, 0.05) is 13.1 Å². The van der Waals surface area contributed by atoms with Crippen molar-refractivity contribution in [3.05, 3.63) is 23.4 Å². The van der Waals surface area contributed by atoms with Gasteiger partial charge in [-0.25, -0.2) is 19.6 Å². The summed E-state index contributed by atoms with van der Waals surface area (Å²) in [6.07, 6.45) is -3.35. The fourth-order valence-electron chi connectivity index (χ4n) is 1.05. The zero-order valence-corrected chi connectivity index (χ0v) is 10.4. The van der Waals surface area contributed by atoms with Crippen LogP contribution in [0.15, 0.2) is 22.6 Å². The van der Waals surface area contributed by atoms with Crippen LogP contribution in [-0.4, -0.2) is 24.7 Å². The predicted molar refractivity (Wildman–Crippen MR) is 57.2 cm³/mol. The smallest absolute Gasteiger partial charge is 0.244 e. The van der Waals surface area contributed by atoms with Gasteiger partial charge in [0.05, 0.1) is 0 Å². The summed E-state index contributed by atoms with van der Waals surface area (Å²) in [6.45, 7) is 0. The van der Waals surface area contributed by atoms with Crippen LogP contribution in [0.5, 0.6) is 0 Å². The molecule has 0 spiro atoms. The Balaban J connectivity index is 2.35. The van der Waals surface area contributed by atoms with E-state index in [1.165, 1.54) is 17.1 Å². The van der Waals surface area contributed by atoms with Crippen LogP contribution >= 0.6 is 23.4 Å². The van der Waals surface area contributed by atoms with E-state index in [4.69, 9.17) is 11.6 Å². The molecule has 2 rings (SSSR count). The van der Waals surface area contributed by atoms with E-state index in [1.807, 2.05) is 0 Å². The first-order chi connectivity index (χ1) is 8.36. The first kappa shape index (κ1) is 13.1. The van der Waals surface area contributed by atoms with E-state index >= 15 is 0 Å². The molecular formula is C8H5ClF3N5S. The molecule has 0 saturated carbocycles. The van der Waals surface area contributed by atoms with Crippen molar-refractivity contribution in [2.75, 3.05) is 0 Å². The van der Waals surface area contributed by atoms with Crippen LogP contribution in [0.4, 0.5) is 13.2 Å². The van der Waals surface area contributed by atoms with Crippen molar-refractivity contribution in [3.8, 4) is 0 Å². The number of nitrogens with zero attached hydrogens (tertiary/aromatic N) is 5. The van der Waals surface area contributed by atoms with Gasteiger partial charge in [-0.1, -0.05) is 11.6 Å². The fourth-order valence-corrected chi connectivity index (χ4v) is 2.06. The molecule has 0 aliphatic rings. The molecule has 0 amide bonds. The molecule has 2 aromatic heterocycles. The Bertz CT molecular complexity index is 570. The molecule has 0 bridgehead atoms. The minimum absolute atomic E-state index is 0.0541. The normalized spacial score (nSPS) is 11.8. The largest absolute Gasteiger partial charge is 0.451 e. The molecule has 0 aliphatic carbocycles. The van der Waals surface area contributed by atoms with Gasteiger partial charge in [0.1, 0.15) is 16.5 Å². The number of alkyl halides is 3. The molecule has 0 saturated heterocycles. The second kappa shape index (κ2) is 4.73. The van der Waals surface area contributed by atoms with Gasteiger partial charge in [-0.2, -0.15) is 18.3 Å². The summed E-state index contributed by atoms with van der Waals surface area (Å²) in [5, 5.41) is 3.97. The maximum Gasteiger partial charge on any atom is 0.451 e. The van der Waals surface area contributed by atoms with E-state index in [0.717, 1.165) is 11.8 Å². The minimum atomic E-state index is -4.64. The second-order valence-corrected chi connectivity index (χ2v) is 4.49. The standard InChI is InChI=1S/C8H5ClF3N5S/c1-17-7(13-3-14-17)18-5-2-4(9)15-6(16-5)8(10,11)12/h2-3H,1H3. The maximum absolute atomic E-state index is 12.5. The van der Waals surface area contributed by atoms with Crippen molar-refractivity contribution >= 4 is 23.4 Å². The van der Waals surface area contributed by atoms with Crippen molar-refractivity contribution in [1.29, 1.82) is 0 Å². The highest BCUT2D eigenvalue weighted by molar-refractivity contribution is 7.99. The zero-order chi connectivity index (χ0) is 13.3. The molecule has 0 aromatic carbocycles. The van der Waals surface area contributed by atoms with Gasteiger partial charge in [-0.3, -0.25) is 0 Å². The van der Waals surface area contributed by atoms with Gasteiger partial charge < -0.3 is 0 Å². The molecule has 0 fully saturated rings. The van der Waals surface area contributed by atoms with Crippen molar-refractivity contribution in [3.63, 3.8) is 0 Å². The van der Waals surface area contributed by atoms with Gasteiger partial charge in [-0.15, -0.1) is 0 Å². The molecular weight excluding hydrogens is 291 g/mol. The van der Waals surface area contributed by atoms with Crippen molar-refractivity contribution < 1.29 is 13.2 Å². The predicted octanol–water partition coefficient (Wildman–Crippen LogP) is 2.43. The highest BCUT2D eigenvalue weighted by atomic mass is 35.5. The molecule has 2 aromatic rings. The summed E-state index contributed by atoms with van der Waals surface area (Å²) >= 11 is 6.45. The lowest BCUT2D eigenvalue weighted by atomic mass is 10.5.